The van der Waals surface area contributed by atoms with E-state index >= 15 is 0 Å². The molecule has 0 radical (unpaired) electrons. The molecule has 0 aliphatic carbocycles. The van der Waals surface area contributed by atoms with Crippen molar-refractivity contribution in [3.05, 3.63) is 23.9 Å². The van der Waals surface area contributed by atoms with Gasteiger partial charge in [-0.25, -0.2) is 4.79 Å². The van der Waals surface area contributed by atoms with Gasteiger partial charge in [-0.3, -0.25) is 0 Å². The van der Waals surface area contributed by atoms with Gasteiger partial charge >= 0.3 is 13.2 Å². The molecule has 0 aromatic carbocycles. The summed E-state index contributed by atoms with van der Waals surface area (Å²) in [7, 11) is -0.460. The minimum Gasteiger partial charge on any atom is -0.534 e. The normalized spacial score (nSPS) is 22.0. The van der Waals surface area contributed by atoms with E-state index in [0.717, 1.165) is 11.9 Å². The summed E-state index contributed by atoms with van der Waals surface area (Å²) in [5.74, 6) is 0.614. The van der Waals surface area contributed by atoms with Gasteiger partial charge in [0.2, 0.25) is 0 Å². The molecule has 1 amide bonds. The molecule has 0 aromatic heterocycles. The van der Waals surface area contributed by atoms with Gasteiger partial charge in [-0.1, -0.05) is 12.7 Å². The molecule has 1 saturated heterocycles. The molecule has 0 saturated carbocycles. The van der Waals surface area contributed by atoms with Crippen molar-refractivity contribution >= 4 is 13.2 Å². The first-order valence-corrected chi connectivity index (χ1v) is 7.29. The Hall–Kier alpha value is -1.43. The third-order valence-electron chi connectivity index (χ3n) is 3.46. The largest absolute Gasteiger partial charge is 0.560 e. The highest BCUT2D eigenvalue weighted by Crippen LogP contribution is 2.33. The third-order valence-corrected chi connectivity index (χ3v) is 3.46. The van der Waals surface area contributed by atoms with E-state index in [4.69, 9.17) is 14.0 Å². The highest BCUT2D eigenvalue weighted by Gasteiger charge is 2.45. The highest BCUT2D eigenvalue weighted by molar-refractivity contribution is 6.55. The Bertz CT molecular complexity index is 479. The SMILES string of the molecule is C=C1OB(C2=CCCN(C(=O)OC(C)(C)C)C2)OC1(C)C. The molecule has 0 N–H and O–H groups in total. The van der Waals surface area contributed by atoms with Crippen LogP contribution in [0.5, 0.6) is 0 Å². The minimum absolute atomic E-state index is 0.302. The maximum Gasteiger partial charge on any atom is 0.560 e. The fourth-order valence-electron chi connectivity index (χ4n) is 2.20. The number of carbonyl (C=O) groups is 1. The number of carbonyl (C=O) groups excluding carboxylic acids is 1. The summed E-state index contributed by atoms with van der Waals surface area (Å²) in [6, 6.07) is 0. The third kappa shape index (κ3) is 3.81. The van der Waals surface area contributed by atoms with Crippen LogP contribution in [0.2, 0.25) is 0 Å². The molecule has 21 heavy (non-hydrogen) atoms. The van der Waals surface area contributed by atoms with Crippen molar-refractivity contribution in [2.24, 2.45) is 0 Å². The zero-order chi connectivity index (χ0) is 15.8. The molecule has 0 bridgehead atoms. The van der Waals surface area contributed by atoms with Crippen LogP contribution in [0.25, 0.3) is 0 Å². The molecule has 2 aliphatic rings. The van der Waals surface area contributed by atoms with Gasteiger partial charge < -0.3 is 18.9 Å². The maximum atomic E-state index is 12.1. The van der Waals surface area contributed by atoms with Crippen molar-refractivity contribution in [2.45, 2.75) is 52.2 Å². The van der Waals surface area contributed by atoms with Crippen molar-refractivity contribution in [2.75, 3.05) is 13.1 Å². The van der Waals surface area contributed by atoms with E-state index in [1.54, 1.807) is 4.90 Å². The van der Waals surface area contributed by atoms with E-state index in [2.05, 4.69) is 12.7 Å². The predicted octanol–water partition coefficient (Wildman–Crippen LogP) is 2.92. The van der Waals surface area contributed by atoms with Crippen molar-refractivity contribution in [1.29, 1.82) is 0 Å². The van der Waals surface area contributed by atoms with Crippen LogP contribution in [0.1, 0.15) is 41.0 Å². The summed E-state index contributed by atoms with van der Waals surface area (Å²) in [6.45, 7) is 14.4. The second kappa shape index (κ2) is 5.41. The van der Waals surface area contributed by atoms with Crippen molar-refractivity contribution in [3.63, 3.8) is 0 Å². The van der Waals surface area contributed by atoms with Gasteiger partial charge in [-0.15, -0.1) is 0 Å². The average molecular weight is 293 g/mol. The van der Waals surface area contributed by atoms with Crippen LogP contribution in [-0.2, 0) is 14.0 Å². The minimum atomic E-state index is -0.500. The summed E-state index contributed by atoms with van der Waals surface area (Å²) in [5.41, 5.74) is -0.0480. The van der Waals surface area contributed by atoms with Crippen LogP contribution < -0.4 is 0 Å². The van der Waals surface area contributed by atoms with Crippen LogP contribution in [0.15, 0.2) is 23.9 Å². The standard InChI is InChI=1S/C15H24BNO4/c1-11-15(5,6)21-16(20-11)12-8-7-9-17(10-12)13(18)19-14(2,3)4/h8H,1,7,9-10H2,2-6H3. The second-order valence-electron chi connectivity index (χ2n) is 6.97. The summed E-state index contributed by atoms with van der Waals surface area (Å²) < 4.78 is 17.0. The quantitative estimate of drug-likeness (QED) is 0.697. The molecule has 1 fully saturated rings. The molecular formula is C15H24BNO4. The van der Waals surface area contributed by atoms with Crippen molar-refractivity contribution in [3.8, 4) is 0 Å². The molecule has 116 valence electrons. The van der Waals surface area contributed by atoms with E-state index < -0.39 is 18.3 Å². The molecule has 0 spiro atoms. The molecule has 5 nitrogen and oxygen atoms in total. The van der Waals surface area contributed by atoms with E-state index in [1.807, 2.05) is 34.6 Å². The lowest BCUT2D eigenvalue weighted by atomic mass is 9.76. The summed E-state index contributed by atoms with van der Waals surface area (Å²) in [5, 5.41) is 0. The van der Waals surface area contributed by atoms with Gasteiger partial charge in [-0.2, -0.15) is 0 Å². The zero-order valence-corrected chi connectivity index (χ0v) is 13.6. The van der Waals surface area contributed by atoms with Crippen LogP contribution in [0.4, 0.5) is 4.79 Å². The highest BCUT2D eigenvalue weighted by atomic mass is 16.7. The van der Waals surface area contributed by atoms with E-state index in [9.17, 15) is 4.79 Å². The van der Waals surface area contributed by atoms with Gasteiger partial charge in [0, 0.05) is 13.1 Å². The number of ether oxygens (including phenoxy) is 1. The van der Waals surface area contributed by atoms with Crippen LogP contribution >= 0.6 is 0 Å². The molecule has 0 aromatic rings. The topological polar surface area (TPSA) is 48.0 Å². The first-order valence-electron chi connectivity index (χ1n) is 7.29. The molecule has 0 unspecified atom stereocenters. The Kier molecular flexibility index (Phi) is 4.11. The fraction of sp³-hybridized carbons (Fsp3) is 0.667. The fourth-order valence-corrected chi connectivity index (χ4v) is 2.20. The van der Waals surface area contributed by atoms with Gasteiger partial charge in [0.15, 0.2) is 0 Å². The van der Waals surface area contributed by atoms with Crippen molar-refractivity contribution in [1.82, 2.24) is 4.90 Å². The molecule has 2 aliphatic heterocycles. The van der Waals surface area contributed by atoms with Crippen LogP contribution in [-0.4, -0.2) is 42.4 Å². The van der Waals surface area contributed by atoms with Crippen LogP contribution in [0.3, 0.4) is 0 Å². The van der Waals surface area contributed by atoms with Gasteiger partial charge in [0.05, 0.1) is 5.76 Å². The number of rotatable bonds is 1. The zero-order valence-electron chi connectivity index (χ0n) is 13.6. The number of hydrogen-bond donors (Lipinski definition) is 0. The molecule has 2 heterocycles. The van der Waals surface area contributed by atoms with Gasteiger partial charge in [0.1, 0.15) is 11.2 Å². The lowest BCUT2D eigenvalue weighted by Crippen LogP contribution is -2.42. The van der Waals surface area contributed by atoms with Crippen molar-refractivity contribution < 1.29 is 18.8 Å². The van der Waals surface area contributed by atoms with Crippen LogP contribution in [0, 0.1) is 0 Å². The number of nitrogens with zero attached hydrogens (tertiary/aromatic N) is 1. The van der Waals surface area contributed by atoms with E-state index in [1.165, 1.54) is 0 Å². The molecule has 6 heteroatoms. The Labute approximate surface area is 127 Å². The van der Waals surface area contributed by atoms with Gasteiger partial charge in [-0.05, 0) is 46.5 Å². The van der Waals surface area contributed by atoms with E-state index in [0.29, 0.717) is 18.8 Å². The Morgan fingerprint density at radius 3 is 2.67 bits per heavy atom. The first-order chi connectivity index (χ1) is 9.58. The predicted molar refractivity (Wildman–Crippen MR) is 81.7 cm³/mol. The lowest BCUT2D eigenvalue weighted by molar-refractivity contribution is 0.0264. The smallest absolute Gasteiger partial charge is 0.534 e. The second-order valence-corrected chi connectivity index (χ2v) is 6.97. The summed E-state index contributed by atoms with van der Waals surface area (Å²) in [6.07, 6.45) is 2.54. The monoisotopic (exact) mass is 293 g/mol. The summed E-state index contributed by atoms with van der Waals surface area (Å²) >= 11 is 0. The number of hydrogen-bond acceptors (Lipinski definition) is 4. The average Bonchev–Trinajstić information content (AvgIpc) is 2.62. The molecule has 0 atom stereocenters. The first kappa shape index (κ1) is 16.0. The Morgan fingerprint density at radius 2 is 2.14 bits per heavy atom. The van der Waals surface area contributed by atoms with E-state index in [-0.39, 0.29) is 6.09 Å². The number of amides is 1. The molecular weight excluding hydrogens is 269 g/mol. The maximum absolute atomic E-state index is 12.1. The Balaban J connectivity index is 2.00. The van der Waals surface area contributed by atoms with Gasteiger partial charge in [0.25, 0.3) is 0 Å². The molecule has 2 rings (SSSR count). The lowest BCUT2D eigenvalue weighted by Gasteiger charge is -2.30. The summed E-state index contributed by atoms with van der Waals surface area (Å²) in [4.78, 5) is 13.8. The Morgan fingerprint density at radius 1 is 1.48 bits per heavy atom.